The summed E-state index contributed by atoms with van der Waals surface area (Å²) in [6.07, 6.45) is 1.55. The molecule has 2 aromatic carbocycles. The molecule has 0 bridgehead atoms. The van der Waals surface area contributed by atoms with E-state index in [0.717, 1.165) is 24.2 Å². The molecule has 0 aliphatic rings. The van der Waals surface area contributed by atoms with E-state index < -0.39 is 4.92 Å². The first-order valence-corrected chi connectivity index (χ1v) is 8.97. The Bertz CT molecular complexity index is 809. The number of benzene rings is 2. The van der Waals surface area contributed by atoms with E-state index >= 15 is 0 Å². The lowest BCUT2D eigenvalue weighted by Gasteiger charge is -2.11. The van der Waals surface area contributed by atoms with Crippen molar-refractivity contribution in [2.24, 2.45) is 0 Å². The number of carbonyl (C=O) groups excluding carboxylic acids is 1. The Morgan fingerprint density at radius 3 is 2.64 bits per heavy atom. The average Bonchev–Trinajstić information content (AvgIpc) is 2.70. The fourth-order valence-electron chi connectivity index (χ4n) is 2.61. The zero-order valence-corrected chi connectivity index (χ0v) is 16.0. The highest BCUT2D eigenvalue weighted by molar-refractivity contribution is 5.77. The van der Waals surface area contributed by atoms with Gasteiger partial charge >= 0.3 is 5.69 Å². The molecule has 0 aromatic heterocycles. The molecule has 0 heterocycles. The molecular formula is C20H24N2O6. The second-order valence-electron chi connectivity index (χ2n) is 5.87. The Balaban J connectivity index is 1.75. The fourth-order valence-corrected chi connectivity index (χ4v) is 2.61. The first-order chi connectivity index (χ1) is 13.5. The van der Waals surface area contributed by atoms with Gasteiger partial charge in [0, 0.05) is 18.7 Å². The molecule has 0 spiro atoms. The van der Waals surface area contributed by atoms with Crippen LogP contribution in [0.15, 0.2) is 42.5 Å². The van der Waals surface area contributed by atoms with Crippen molar-refractivity contribution in [1.29, 1.82) is 0 Å². The van der Waals surface area contributed by atoms with Crippen LogP contribution in [0.2, 0.25) is 0 Å². The van der Waals surface area contributed by atoms with Gasteiger partial charge in [-0.3, -0.25) is 14.9 Å². The van der Waals surface area contributed by atoms with Gasteiger partial charge in [-0.25, -0.2) is 0 Å². The summed E-state index contributed by atoms with van der Waals surface area (Å²) in [5.41, 5.74) is 0.944. The number of nitrogens with zero attached hydrogens (tertiary/aromatic N) is 1. The Kier molecular flexibility index (Phi) is 8.08. The molecule has 0 aliphatic carbocycles. The maximum absolute atomic E-state index is 11.9. The summed E-state index contributed by atoms with van der Waals surface area (Å²) in [6.45, 7) is 2.87. The molecule has 0 unspecified atom stereocenters. The van der Waals surface area contributed by atoms with Gasteiger partial charge in [-0.15, -0.1) is 0 Å². The summed E-state index contributed by atoms with van der Waals surface area (Å²) in [7, 11) is 1.34. The highest BCUT2D eigenvalue weighted by atomic mass is 16.6. The van der Waals surface area contributed by atoms with E-state index in [4.69, 9.17) is 14.2 Å². The van der Waals surface area contributed by atoms with E-state index in [1.807, 2.05) is 31.2 Å². The van der Waals surface area contributed by atoms with Crippen LogP contribution >= 0.6 is 0 Å². The second kappa shape index (κ2) is 10.8. The summed E-state index contributed by atoms with van der Waals surface area (Å²) >= 11 is 0. The standard InChI is InChI=1S/C20H24N2O6/c1-3-27-18-9-5-4-7-15(18)8-6-12-21-20(23)14-28-16-10-11-17(22(24)25)19(13-16)26-2/h4-5,7,9-11,13H,3,6,8,12,14H2,1-2H3,(H,21,23). The average molecular weight is 388 g/mol. The van der Waals surface area contributed by atoms with Crippen LogP contribution in [0.5, 0.6) is 17.2 Å². The monoisotopic (exact) mass is 388 g/mol. The number of hydrogen-bond acceptors (Lipinski definition) is 6. The molecule has 0 aliphatic heterocycles. The van der Waals surface area contributed by atoms with E-state index in [-0.39, 0.29) is 24.0 Å². The number of nitrogens with one attached hydrogen (secondary N) is 1. The lowest BCUT2D eigenvalue weighted by molar-refractivity contribution is -0.385. The minimum absolute atomic E-state index is 0.0795. The SMILES string of the molecule is CCOc1ccccc1CCCNC(=O)COc1ccc([N+](=O)[O-])c(OC)c1. The predicted octanol–water partition coefficient (Wildman–Crippen LogP) is 3.13. The normalized spacial score (nSPS) is 10.2. The minimum atomic E-state index is -0.543. The molecule has 1 N–H and O–H groups in total. The zero-order chi connectivity index (χ0) is 20.4. The van der Waals surface area contributed by atoms with Crippen molar-refractivity contribution in [2.75, 3.05) is 26.9 Å². The molecule has 150 valence electrons. The van der Waals surface area contributed by atoms with E-state index in [1.165, 1.54) is 25.3 Å². The van der Waals surface area contributed by atoms with Gasteiger partial charge in [0.05, 0.1) is 18.6 Å². The minimum Gasteiger partial charge on any atom is -0.494 e. The van der Waals surface area contributed by atoms with Gasteiger partial charge in [-0.1, -0.05) is 18.2 Å². The first-order valence-electron chi connectivity index (χ1n) is 8.97. The van der Waals surface area contributed by atoms with Crippen LogP contribution in [0.1, 0.15) is 18.9 Å². The largest absolute Gasteiger partial charge is 0.494 e. The van der Waals surface area contributed by atoms with Crippen molar-refractivity contribution in [3.63, 3.8) is 0 Å². The summed E-state index contributed by atoms with van der Waals surface area (Å²) in [5.74, 6) is 1.00. The number of methoxy groups -OCH3 is 1. The molecular weight excluding hydrogens is 364 g/mol. The summed E-state index contributed by atoms with van der Waals surface area (Å²) < 4.78 is 15.9. The number of aryl methyl sites for hydroxylation is 1. The van der Waals surface area contributed by atoms with Gasteiger partial charge < -0.3 is 19.5 Å². The molecule has 0 fully saturated rings. The predicted molar refractivity (Wildman–Crippen MR) is 104 cm³/mol. The topological polar surface area (TPSA) is 99.9 Å². The highest BCUT2D eigenvalue weighted by Crippen LogP contribution is 2.30. The van der Waals surface area contributed by atoms with Crippen molar-refractivity contribution < 1.29 is 23.9 Å². The number of nitro benzene ring substituents is 1. The van der Waals surface area contributed by atoms with Crippen molar-refractivity contribution >= 4 is 11.6 Å². The van der Waals surface area contributed by atoms with Crippen LogP contribution in [0.4, 0.5) is 5.69 Å². The molecule has 8 heteroatoms. The first kappa shape index (κ1) is 21.0. The molecule has 1 amide bonds. The third kappa shape index (κ3) is 6.15. The van der Waals surface area contributed by atoms with Crippen LogP contribution < -0.4 is 19.5 Å². The molecule has 2 aromatic rings. The maximum Gasteiger partial charge on any atom is 0.311 e. The number of ether oxygens (including phenoxy) is 3. The van der Waals surface area contributed by atoms with Crippen molar-refractivity contribution in [3.05, 3.63) is 58.1 Å². The third-order valence-electron chi connectivity index (χ3n) is 3.94. The Morgan fingerprint density at radius 1 is 1.14 bits per heavy atom. The number of rotatable bonds is 11. The van der Waals surface area contributed by atoms with Crippen LogP contribution in [0.3, 0.4) is 0 Å². The van der Waals surface area contributed by atoms with Gasteiger partial charge in [0.25, 0.3) is 5.91 Å². The molecule has 28 heavy (non-hydrogen) atoms. The molecule has 2 rings (SSSR count). The number of carbonyl (C=O) groups is 1. The Hall–Kier alpha value is -3.29. The summed E-state index contributed by atoms with van der Waals surface area (Å²) in [6, 6.07) is 11.9. The van der Waals surface area contributed by atoms with Crippen molar-refractivity contribution in [2.45, 2.75) is 19.8 Å². The van der Waals surface area contributed by atoms with Crippen LogP contribution in [0.25, 0.3) is 0 Å². The quantitative estimate of drug-likeness (QED) is 0.361. The van der Waals surface area contributed by atoms with Gasteiger partial charge in [0.1, 0.15) is 11.5 Å². The lowest BCUT2D eigenvalue weighted by Crippen LogP contribution is -2.29. The van der Waals surface area contributed by atoms with Crippen LogP contribution in [-0.2, 0) is 11.2 Å². The zero-order valence-electron chi connectivity index (χ0n) is 16.0. The summed E-state index contributed by atoms with van der Waals surface area (Å²) in [5, 5.41) is 13.7. The lowest BCUT2D eigenvalue weighted by atomic mass is 10.1. The Labute approximate surface area is 163 Å². The molecule has 0 saturated heterocycles. The maximum atomic E-state index is 11.9. The van der Waals surface area contributed by atoms with Gasteiger partial charge in [-0.05, 0) is 37.5 Å². The Morgan fingerprint density at radius 2 is 1.93 bits per heavy atom. The molecule has 0 atom stereocenters. The van der Waals surface area contributed by atoms with Crippen LogP contribution in [-0.4, -0.2) is 37.7 Å². The number of amides is 1. The second-order valence-corrected chi connectivity index (χ2v) is 5.87. The fraction of sp³-hybridized carbons (Fsp3) is 0.350. The molecule has 0 saturated carbocycles. The number of hydrogen-bond donors (Lipinski definition) is 1. The molecule has 0 radical (unpaired) electrons. The third-order valence-corrected chi connectivity index (χ3v) is 3.94. The van der Waals surface area contributed by atoms with E-state index in [9.17, 15) is 14.9 Å². The van der Waals surface area contributed by atoms with E-state index in [2.05, 4.69) is 5.32 Å². The summed E-state index contributed by atoms with van der Waals surface area (Å²) in [4.78, 5) is 22.3. The van der Waals surface area contributed by atoms with Gasteiger partial charge in [0.2, 0.25) is 5.75 Å². The van der Waals surface area contributed by atoms with E-state index in [0.29, 0.717) is 18.9 Å². The van der Waals surface area contributed by atoms with Crippen LogP contribution in [0, 0.1) is 10.1 Å². The van der Waals surface area contributed by atoms with Gasteiger partial charge in [0.15, 0.2) is 6.61 Å². The number of nitro groups is 1. The smallest absolute Gasteiger partial charge is 0.311 e. The van der Waals surface area contributed by atoms with E-state index in [1.54, 1.807) is 0 Å². The number of para-hydroxylation sites is 1. The van der Waals surface area contributed by atoms with Crippen molar-refractivity contribution in [3.8, 4) is 17.2 Å². The molecule has 8 nitrogen and oxygen atoms in total. The van der Waals surface area contributed by atoms with Gasteiger partial charge in [-0.2, -0.15) is 0 Å². The van der Waals surface area contributed by atoms with Crippen molar-refractivity contribution in [1.82, 2.24) is 5.32 Å². The highest BCUT2D eigenvalue weighted by Gasteiger charge is 2.15.